The zero-order valence-electron chi connectivity index (χ0n) is 38.6. The molecule has 2 fully saturated rings. The Morgan fingerprint density at radius 3 is 2.45 bits per heavy atom. The van der Waals surface area contributed by atoms with Gasteiger partial charge in [-0.3, -0.25) is 29.2 Å². The number of aromatic nitrogens is 1. The predicted octanol–water partition coefficient (Wildman–Crippen LogP) is 5.83. The number of aldehydes is 1. The van der Waals surface area contributed by atoms with Gasteiger partial charge in [0.25, 0.3) is 5.91 Å². The summed E-state index contributed by atoms with van der Waals surface area (Å²) in [5.74, 6) is 1.12. The minimum Gasteiger partial charge on any atom is -0.493 e. The van der Waals surface area contributed by atoms with Crippen molar-refractivity contribution in [3.05, 3.63) is 114 Å². The Kier molecular flexibility index (Phi) is 23.4. The van der Waals surface area contributed by atoms with Gasteiger partial charge in [0.1, 0.15) is 17.2 Å². The lowest BCUT2D eigenvalue weighted by Crippen LogP contribution is -2.47. The van der Waals surface area contributed by atoms with E-state index < -0.39 is 0 Å². The molecule has 346 valence electrons. The summed E-state index contributed by atoms with van der Waals surface area (Å²) in [7, 11) is 4.41. The van der Waals surface area contributed by atoms with E-state index in [2.05, 4.69) is 74.6 Å². The molecular formula is C49H70N10O5. The van der Waals surface area contributed by atoms with Crippen LogP contribution in [0.15, 0.2) is 101 Å². The van der Waals surface area contributed by atoms with Crippen molar-refractivity contribution in [2.75, 3.05) is 77.3 Å². The quantitative estimate of drug-likeness (QED) is 0.0258. The van der Waals surface area contributed by atoms with Crippen LogP contribution in [-0.4, -0.2) is 124 Å². The molecule has 2 aromatic carbocycles. The first-order chi connectivity index (χ1) is 31.3. The number of aliphatic hydroxyl groups is 1. The van der Waals surface area contributed by atoms with Gasteiger partial charge in [-0.05, 0) is 114 Å². The van der Waals surface area contributed by atoms with E-state index in [-0.39, 0.29) is 23.4 Å². The number of pyridine rings is 1. The molecule has 3 aromatic rings. The zero-order valence-corrected chi connectivity index (χ0v) is 38.6. The standard InChI is InChI=1S/C45H55N9O4.C2H6.CH5N.CH4O/c1-5-22-47-44(56)37(29-46-3)43(51-42-21-15-33-10-8-12-39(33)50-42)49-35-16-18-36(19-17-35)54-26-24-53(25-27-54)23-6-7-28-58-41-13-9-11-34(31-55)38(41)30-52(4)40-20-14-32(2)48-45(40)57;3*1-2/h5,9,11,13,15-19,21,29,31,40H,1-3,6-8,10,12,14,20,22-28,30H2,4H3,(H,47,56)(H,48,57)(H,49,50,51);1-2H3;2H2,1H3;2H,1H3/b37-29+;;;. The van der Waals surface area contributed by atoms with Gasteiger partial charge in [0, 0.05) is 86.5 Å². The van der Waals surface area contributed by atoms with Crippen molar-refractivity contribution >= 4 is 47.8 Å². The van der Waals surface area contributed by atoms with Crippen molar-refractivity contribution in [1.82, 2.24) is 25.4 Å². The molecule has 1 aliphatic carbocycles. The minimum absolute atomic E-state index is 0.0621. The van der Waals surface area contributed by atoms with Gasteiger partial charge in [-0.15, -0.1) is 6.58 Å². The molecule has 64 heavy (non-hydrogen) atoms. The average molecular weight is 879 g/mol. The number of aliphatic imine (C=N–C) groups is 2. The summed E-state index contributed by atoms with van der Waals surface area (Å²) in [5.41, 5.74) is 11.1. The molecule has 1 atom stereocenters. The number of nitrogens with one attached hydrogen (secondary N) is 3. The Morgan fingerprint density at radius 2 is 1.78 bits per heavy atom. The number of aliphatic hydroxyl groups excluding tert-OH is 1. The van der Waals surface area contributed by atoms with Crippen molar-refractivity contribution in [2.45, 2.75) is 71.4 Å². The molecule has 6 N–H and O–H groups in total. The van der Waals surface area contributed by atoms with E-state index >= 15 is 0 Å². The Bertz CT molecular complexity index is 2040. The van der Waals surface area contributed by atoms with E-state index in [1.54, 1.807) is 12.1 Å². The second-order valence-corrected chi connectivity index (χ2v) is 14.9. The number of carbonyl (C=O) groups excluding carboxylic acids is 3. The van der Waals surface area contributed by atoms with Crippen LogP contribution in [0.2, 0.25) is 0 Å². The maximum absolute atomic E-state index is 13.2. The highest BCUT2D eigenvalue weighted by Crippen LogP contribution is 2.27. The number of amides is 2. The predicted molar refractivity (Wildman–Crippen MR) is 261 cm³/mol. The number of benzene rings is 2. The van der Waals surface area contributed by atoms with Gasteiger partial charge in [-0.1, -0.05) is 44.7 Å². The van der Waals surface area contributed by atoms with Gasteiger partial charge in [0.15, 0.2) is 12.1 Å². The number of carbonyl (C=O) groups is 3. The van der Waals surface area contributed by atoms with Gasteiger partial charge >= 0.3 is 0 Å². The molecule has 15 nitrogen and oxygen atoms in total. The number of ether oxygens (including phenoxy) is 1. The van der Waals surface area contributed by atoms with Crippen molar-refractivity contribution in [1.29, 1.82) is 0 Å². The van der Waals surface area contributed by atoms with Crippen LogP contribution in [0.25, 0.3) is 0 Å². The van der Waals surface area contributed by atoms with Crippen molar-refractivity contribution in [3.8, 4) is 5.75 Å². The monoisotopic (exact) mass is 879 g/mol. The number of unbranched alkanes of at least 4 members (excludes halogenated alkanes) is 1. The lowest BCUT2D eigenvalue weighted by Gasteiger charge is -2.36. The van der Waals surface area contributed by atoms with E-state index in [4.69, 9.17) is 19.8 Å². The summed E-state index contributed by atoms with van der Waals surface area (Å²) in [6, 6.07) is 17.3. The van der Waals surface area contributed by atoms with Gasteiger partial charge in [-0.2, -0.15) is 0 Å². The number of allylic oxidation sites excluding steroid dienone is 1. The number of fused-ring (bicyclic) bond motifs is 1. The Morgan fingerprint density at radius 1 is 1.05 bits per heavy atom. The molecule has 15 heteroatoms. The number of likely N-dealkylation sites (N-methyl/N-ethyl adjacent to an activating group) is 1. The zero-order chi connectivity index (χ0) is 46.9. The molecule has 0 spiro atoms. The molecule has 0 bridgehead atoms. The van der Waals surface area contributed by atoms with Crippen LogP contribution in [-0.2, 0) is 29.0 Å². The average Bonchev–Trinajstić information content (AvgIpc) is 3.80. The molecule has 1 unspecified atom stereocenters. The van der Waals surface area contributed by atoms with E-state index in [1.165, 1.54) is 18.8 Å². The van der Waals surface area contributed by atoms with E-state index in [0.717, 1.165) is 113 Å². The number of nitrogens with two attached hydrogens (primary N) is 1. The lowest BCUT2D eigenvalue weighted by molar-refractivity contribution is -0.126. The van der Waals surface area contributed by atoms with Crippen LogP contribution in [0, 0.1) is 0 Å². The number of nitrogens with zero attached hydrogens (tertiary/aromatic N) is 6. The Labute approximate surface area is 380 Å². The molecule has 3 heterocycles. The third kappa shape index (κ3) is 15.4. The molecule has 1 aromatic heterocycles. The molecule has 6 rings (SSSR count). The Balaban J connectivity index is 0.00000174. The number of amidine groups is 1. The molecule has 0 saturated carbocycles. The SMILES string of the molecule is C=CCNC(=O)/C(=C/N=C)C(=Nc1ccc2c(n1)CCC2)Nc1ccc(N2CCN(CCCCOc3cccc(C=O)c3CN(C)C3CCC(=C)NC3=O)CC2)cc1.CC.CN.CO. The normalized spacial score (nSPS) is 16.1. The molecule has 2 aliphatic heterocycles. The molecule has 2 saturated heterocycles. The first-order valence-electron chi connectivity index (χ1n) is 22.1. The van der Waals surface area contributed by atoms with E-state index in [1.807, 2.05) is 56.1 Å². The third-order valence-electron chi connectivity index (χ3n) is 10.8. The molecule has 2 amide bonds. The maximum Gasteiger partial charge on any atom is 0.256 e. The van der Waals surface area contributed by atoms with Crippen molar-refractivity contribution in [3.63, 3.8) is 0 Å². The fourth-order valence-electron chi connectivity index (χ4n) is 7.60. The largest absolute Gasteiger partial charge is 0.493 e. The van der Waals surface area contributed by atoms with Crippen molar-refractivity contribution < 1.29 is 24.2 Å². The van der Waals surface area contributed by atoms with E-state index in [9.17, 15) is 14.4 Å². The molecule has 3 aliphatic rings. The fourth-order valence-corrected chi connectivity index (χ4v) is 7.60. The summed E-state index contributed by atoms with van der Waals surface area (Å²) in [6.45, 7) is 21.1. The summed E-state index contributed by atoms with van der Waals surface area (Å²) in [5, 5.41) is 16.0. The number of rotatable bonds is 18. The van der Waals surface area contributed by atoms with Crippen LogP contribution < -0.4 is 31.3 Å². The number of hydrogen-bond acceptors (Lipinski definition) is 12. The van der Waals surface area contributed by atoms with Crippen LogP contribution in [0.1, 0.15) is 73.1 Å². The molecule has 0 radical (unpaired) electrons. The van der Waals surface area contributed by atoms with Crippen LogP contribution in [0.3, 0.4) is 0 Å². The summed E-state index contributed by atoms with van der Waals surface area (Å²) in [4.78, 5) is 58.0. The fraction of sp³-hybridized carbons (Fsp3) is 0.429. The van der Waals surface area contributed by atoms with Gasteiger partial charge in [0.05, 0.1) is 12.6 Å². The minimum atomic E-state index is -0.348. The summed E-state index contributed by atoms with van der Waals surface area (Å²) >= 11 is 0. The van der Waals surface area contributed by atoms with Crippen LogP contribution in [0.5, 0.6) is 5.75 Å². The van der Waals surface area contributed by atoms with Gasteiger partial charge in [0.2, 0.25) is 5.91 Å². The second-order valence-electron chi connectivity index (χ2n) is 14.9. The number of piperidine rings is 1. The Hall–Kier alpha value is -6.00. The highest BCUT2D eigenvalue weighted by Gasteiger charge is 2.29. The van der Waals surface area contributed by atoms with E-state index in [0.29, 0.717) is 49.1 Å². The van der Waals surface area contributed by atoms with Gasteiger partial charge in [-0.25, -0.2) is 9.98 Å². The highest BCUT2D eigenvalue weighted by molar-refractivity contribution is 6.25. The third-order valence-corrected chi connectivity index (χ3v) is 10.8. The molecular weight excluding hydrogens is 809 g/mol. The van der Waals surface area contributed by atoms with Crippen LogP contribution >= 0.6 is 0 Å². The lowest BCUT2D eigenvalue weighted by atomic mass is 10.0. The summed E-state index contributed by atoms with van der Waals surface area (Å²) in [6.07, 6.45) is 10.2. The first-order valence-corrected chi connectivity index (χ1v) is 22.1. The van der Waals surface area contributed by atoms with Gasteiger partial charge < -0.3 is 36.4 Å². The van der Waals surface area contributed by atoms with Crippen molar-refractivity contribution in [2.24, 2.45) is 15.7 Å². The topological polar surface area (TPSA) is 190 Å². The number of anilines is 2. The number of piperazine rings is 1. The second kappa shape index (κ2) is 28.6. The van der Waals surface area contributed by atoms with Crippen LogP contribution in [0.4, 0.5) is 17.2 Å². The number of aryl methyl sites for hydroxylation is 2. The number of hydrogen-bond donors (Lipinski definition) is 5. The smallest absolute Gasteiger partial charge is 0.256 e. The summed E-state index contributed by atoms with van der Waals surface area (Å²) < 4.78 is 6.23. The first kappa shape index (κ1) is 52.3. The highest BCUT2D eigenvalue weighted by atomic mass is 16.5. The maximum atomic E-state index is 13.2.